The van der Waals surface area contributed by atoms with Crippen molar-refractivity contribution >= 4 is 16.9 Å². The maximum atomic E-state index is 12.0. The van der Waals surface area contributed by atoms with Gasteiger partial charge >= 0.3 is 5.97 Å². The molecule has 7 heteroatoms. The molecule has 0 bridgehead atoms. The Morgan fingerprint density at radius 1 is 1.11 bits per heavy atom. The number of para-hydroxylation sites is 1. The molecule has 38 heavy (non-hydrogen) atoms. The fraction of sp³-hybridized carbons (Fsp3) is 0.516. The van der Waals surface area contributed by atoms with Crippen LogP contribution in [0.5, 0.6) is 5.75 Å². The Morgan fingerprint density at radius 3 is 2.68 bits per heavy atom. The van der Waals surface area contributed by atoms with Crippen molar-refractivity contribution in [2.45, 2.75) is 50.6 Å². The van der Waals surface area contributed by atoms with E-state index in [1.807, 2.05) is 6.07 Å². The summed E-state index contributed by atoms with van der Waals surface area (Å²) in [4.78, 5) is 17.0. The molecule has 0 amide bonds. The zero-order valence-corrected chi connectivity index (χ0v) is 22.5. The minimum absolute atomic E-state index is 0.174. The molecule has 3 heterocycles. The summed E-state index contributed by atoms with van der Waals surface area (Å²) in [7, 11) is 2.21. The quantitative estimate of drug-likeness (QED) is 0.497. The Morgan fingerprint density at radius 2 is 1.89 bits per heavy atom. The molecule has 1 aliphatic carbocycles. The fourth-order valence-electron chi connectivity index (χ4n) is 6.71. The van der Waals surface area contributed by atoms with E-state index in [0.29, 0.717) is 18.1 Å². The summed E-state index contributed by atoms with van der Waals surface area (Å²) in [5, 5.41) is 14.5. The van der Waals surface area contributed by atoms with Crippen molar-refractivity contribution in [3.63, 3.8) is 0 Å². The monoisotopic (exact) mass is 516 g/mol. The second-order valence-electron chi connectivity index (χ2n) is 11.3. The van der Waals surface area contributed by atoms with Crippen LogP contribution in [0.4, 0.5) is 0 Å². The number of hydrogen-bond donors (Lipinski definition) is 2. The summed E-state index contributed by atoms with van der Waals surface area (Å²) in [5.74, 6) is 0.530. The number of nitrogens with one attached hydrogen (secondary N) is 1. The third-order valence-electron chi connectivity index (χ3n) is 8.93. The number of aromatic nitrogens is 1. The summed E-state index contributed by atoms with van der Waals surface area (Å²) in [5.41, 5.74) is 5.13. The first-order valence-corrected chi connectivity index (χ1v) is 14.3. The summed E-state index contributed by atoms with van der Waals surface area (Å²) >= 11 is 0. The van der Waals surface area contributed by atoms with Gasteiger partial charge in [0, 0.05) is 62.3 Å². The second-order valence-corrected chi connectivity index (χ2v) is 11.3. The average molecular weight is 517 g/mol. The standard InChI is InChI=1S/C31H40N4O3/c1-33(17-18-34-15-13-32-14-16-34)24-20-35-27-19-23(31(36)37)11-12-25(27)29(22-7-3-2-4-8-22)30(35)26-9-5-6-10-28(26)38-21-24/h5-6,9-12,19,22,24,32H,2-4,7-8,13-18,20-21H2,1H3,(H,36,37). The Kier molecular flexibility index (Phi) is 7.41. The van der Waals surface area contributed by atoms with E-state index in [1.165, 1.54) is 48.7 Å². The maximum absolute atomic E-state index is 12.0. The number of carboxylic acid groups (broad SMARTS) is 1. The Bertz CT molecular complexity index is 1290. The number of carboxylic acids is 1. The molecular formula is C31H40N4O3. The van der Waals surface area contributed by atoms with Gasteiger partial charge in [0.1, 0.15) is 12.4 Å². The van der Waals surface area contributed by atoms with Crippen LogP contribution in [-0.4, -0.2) is 84.4 Å². The lowest BCUT2D eigenvalue weighted by molar-refractivity contribution is 0.0697. The van der Waals surface area contributed by atoms with E-state index in [-0.39, 0.29) is 6.04 Å². The highest BCUT2D eigenvalue weighted by Gasteiger charge is 2.31. The summed E-state index contributed by atoms with van der Waals surface area (Å²) in [6, 6.07) is 14.3. The van der Waals surface area contributed by atoms with E-state index in [9.17, 15) is 9.90 Å². The molecule has 2 N–H and O–H groups in total. The van der Waals surface area contributed by atoms with Crippen LogP contribution in [0.1, 0.15) is 53.9 Å². The van der Waals surface area contributed by atoms with Crippen LogP contribution >= 0.6 is 0 Å². The SMILES string of the molecule is CN(CCN1CCNCC1)C1COc2ccccc2-c2c(C3CCCCC3)c3ccc(C(=O)O)cc3n2C1. The predicted molar refractivity (Wildman–Crippen MR) is 151 cm³/mol. The van der Waals surface area contributed by atoms with Crippen molar-refractivity contribution in [2.24, 2.45) is 0 Å². The minimum atomic E-state index is -0.874. The van der Waals surface area contributed by atoms with Gasteiger partial charge in [0.25, 0.3) is 0 Å². The first-order valence-electron chi connectivity index (χ1n) is 14.3. The fourth-order valence-corrected chi connectivity index (χ4v) is 6.71. The zero-order valence-electron chi connectivity index (χ0n) is 22.5. The molecule has 1 saturated heterocycles. The third-order valence-corrected chi connectivity index (χ3v) is 8.93. The predicted octanol–water partition coefficient (Wildman–Crippen LogP) is 4.65. The van der Waals surface area contributed by atoms with E-state index < -0.39 is 5.97 Å². The lowest BCUT2D eigenvalue weighted by Gasteiger charge is -2.34. The van der Waals surface area contributed by atoms with E-state index >= 15 is 0 Å². The van der Waals surface area contributed by atoms with Gasteiger partial charge in [0.2, 0.25) is 0 Å². The first kappa shape index (κ1) is 25.4. The summed E-state index contributed by atoms with van der Waals surface area (Å²) < 4.78 is 8.97. The molecule has 202 valence electrons. The van der Waals surface area contributed by atoms with Crippen LogP contribution in [0.25, 0.3) is 22.2 Å². The van der Waals surface area contributed by atoms with Crippen molar-refractivity contribution in [3.8, 4) is 17.0 Å². The smallest absolute Gasteiger partial charge is 0.335 e. The number of hydrogen-bond acceptors (Lipinski definition) is 5. The van der Waals surface area contributed by atoms with Crippen LogP contribution in [0.15, 0.2) is 42.5 Å². The van der Waals surface area contributed by atoms with E-state index in [1.54, 1.807) is 6.07 Å². The van der Waals surface area contributed by atoms with Gasteiger partial charge in [-0.1, -0.05) is 37.5 Å². The third kappa shape index (κ3) is 4.95. The van der Waals surface area contributed by atoms with E-state index in [4.69, 9.17) is 4.74 Å². The van der Waals surface area contributed by atoms with Gasteiger partial charge in [0.15, 0.2) is 0 Å². The summed E-state index contributed by atoms with van der Waals surface area (Å²) in [6.07, 6.45) is 6.17. The highest BCUT2D eigenvalue weighted by molar-refractivity contribution is 5.98. The summed E-state index contributed by atoms with van der Waals surface area (Å²) in [6.45, 7) is 7.69. The lowest BCUT2D eigenvalue weighted by atomic mass is 9.81. The molecule has 2 aliphatic heterocycles. The average Bonchev–Trinajstić information content (AvgIpc) is 3.26. The zero-order chi connectivity index (χ0) is 26.1. The molecule has 1 saturated carbocycles. The molecule has 2 aromatic carbocycles. The van der Waals surface area contributed by atoms with Crippen LogP contribution in [-0.2, 0) is 6.54 Å². The molecule has 3 aromatic rings. The molecule has 7 nitrogen and oxygen atoms in total. The molecule has 2 fully saturated rings. The number of ether oxygens (including phenoxy) is 1. The normalized spacial score (nSPS) is 20.9. The van der Waals surface area contributed by atoms with Gasteiger partial charge in [-0.25, -0.2) is 4.79 Å². The van der Waals surface area contributed by atoms with Crippen molar-refractivity contribution < 1.29 is 14.6 Å². The molecule has 0 radical (unpaired) electrons. The number of nitrogens with zero attached hydrogens (tertiary/aromatic N) is 3. The van der Waals surface area contributed by atoms with E-state index in [0.717, 1.165) is 62.6 Å². The minimum Gasteiger partial charge on any atom is -0.491 e. The lowest BCUT2D eigenvalue weighted by Crippen LogP contribution is -2.48. The molecule has 1 unspecified atom stereocenters. The number of aromatic carboxylic acids is 1. The van der Waals surface area contributed by atoms with E-state index in [2.05, 4.69) is 57.1 Å². The number of benzene rings is 2. The van der Waals surface area contributed by atoms with Crippen LogP contribution < -0.4 is 10.1 Å². The van der Waals surface area contributed by atoms with Crippen LogP contribution in [0.2, 0.25) is 0 Å². The molecule has 0 spiro atoms. The molecule has 3 aliphatic rings. The van der Waals surface area contributed by atoms with Crippen molar-refractivity contribution in [2.75, 3.05) is 52.9 Å². The highest BCUT2D eigenvalue weighted by atomic mass is 16.5. The van der Waals surface area contributed by atoms with Gasteiger partial charge in [-0.2, -0.15) is 0 Å². The number of likely N-dealkylation sites (N-methyl/N-ethyl adjacent to an activating group) is 1. The molecular weight excluding hydrogens is 476 g/mol. The number of rotatable bonds is 6. The van der Waals surface area contributed by atoms with Crippen LogP contribution in [0.3, 0.4) is 0 Å². The van der Waals surface area contributed by atoms with Gasteiger partial charge in [-0.05, 0) is 55.6 Å². The Balaban J connectivity index is 1.45. The van der Waals surface area contributed by atoms with Gasteiger partial charge in [-0.3, -0.25) is 9.80 Å². The molecule has 1 atom stereocenters. The molecule has 1 aromatic heterocycles. The van der Waals surface area contributed by atoms with Gasteiger partial charge in [-0.15, -0.1) is 0 Å². The van der Waals surface area contributed by atoms with Crippen molar-refractivity contribution in [1.82, 2.24) is 19.7 Å². The van der Waals surface area contributed by atoms with Gasteiger partial charge in [0.05, 0.1) is 17.3 Å². The van der Waals surface area contributed by atoms with Crippen molar-refractivity contribution in [1.29, 1.82) is 0 Å². The highest BCUT2D eigenvalue weighted by Crippen LogP contribution is 2.47. The molecule has 6 rings (SSSR count). The number of fused-ring (bicyclic) bond motifs is 5. The largest absolute Gasteiger partial charge is 0.491 e. The first-order chi connectivity index (χ1) is 18.6. The topological polar surface area (TPSA) is 70.0 Å². The van der Waals surface area contributed by atoms with Crippen LogP contribution in [0, 0.1) is 0 Å². The number of piperazine rings is 1. The van der Waals surface area contributed by atoms with Gasteiger partial charge < -0.3 is 19.7 Å². The number of carbonyl (C=O) groups is 1. The Labute approximate surface area is 225 Å². The second kappa shape index (κ2) is 11.1. The Hall–Kier alpha value is -2.87. The van der Waals surface area contributed by atoms with Crippen molar-refractivity contribution in [3.05, 3.63) is 53.6 Å². The maximum Gasteiger partial charge on any atom is 0.335 e.